The average Bonchev–Trinajstić information content (AvgIpc) is 2.73. The predicted octanol–water partition coefficient (Wildman–Crippen LogP) is 3.66. The maximum Gasteiger partial charge on any atom is 0.250 e. The Morgan fingerprint density at radius 1 is 1.13 bits per heavy atom. The van der Waals surface area contributed by atoms with Crippen LogP contribution in [0.15, 0.2) is 47.4 Å². The highest BCUT2D eigenvalue weighted by Gasteiger charge is 2.16. The molecule has 1 heterocycles. The lowest BCUT2D eigenvalue weighted by atomic mass is 9.96. The first-order valence-corrected chi connectivity index (χ1v) is 9.85. The van der Waals surface area contributed by atoms with Crippen LogP contribution in [-0.4, -0.2) is 24.1 Å². The van der Waals surface area contributed by atoms with Gasteiger partial charge in [-0.3, -0.25) is 9.59 Å². The molecule has 1 N–H and O–H groups in total. The number of aromatic nitrogens is 1. The lowest BCUT2D eigenvalue weighted by Crippen LogP contribution is -2.19. The van der Waals surface area contributed by atoms with E-state index in [0.717, 1.165) is 5.56 Å². The molecule has 0 saturated heterocycles. The number of ether oxygens (including phenoxy) is 1. The van der Waals surface area contributed by atoms with E-state index in [-0.39, 0.29) is 24.5 Å². The quantitative estimate of drug-likeness (QED) is 0.442. The number of nitrogens with zero attached hydrogens (tertiary/aromatic N) is 1. The van der Waals surface area contributed by atoms with Gasteiger partial charge in [0.2, 0.25) is 12.0 Å². The lowest BCUT2D eigenvalue weighted by Gasteiger charge is -2.16. The number of hydrogen-bond acceptors (Lipinski definition) is 3. The molecule has 0 aliphatic carbocycles. The maximum atomic E-state index is 14.9. The monoisotopic (exact) mass is 426 g/mol. The van der Waals surface area contributed by atoms with Crippen LogP contribution in [0.1, 0.15) is 22.3 Å². The van der Waals surface area contributed by atoms with E-state index in [4.69, 9.17) is 4.74 Å². The topological polar surface area (TPSA) is 60.3 Å². The summed E-state index contributed by atoms with van der Waals surface area (Å²) in [6, 6.07) is 9.72. The van der Waals surface area contributed by atoms with Gasteiger partial charge in [-0.15, -0.1) is 0 Å². The minimum Gasteiger partial charge on any atom is -0.488 e. The van der Waals surface area contributed by atoms with Gasteiger partial charge < -0.3 is 14.6 Å². The van der Waals surface area contributed by atoms with Gasteiger partial charge in [-0.25, -0.2) is 8.78 Å². The first-order chi connectivity index (χ1) is 14.8. The van der Waals surface area contributed by atoms with Crippen molar-refractivity contribution in [1.29, 1.82) is 0 Å². The highest BCUT2D eigenvalue weighted by molar-refractivity contribution is 5.63. The van der Waals surface area contributed by atoms with Crippen LogP contribution < -0.4 is 15.6 Å². The molecule has 0 spiro atoms. The third-order valence-electron chi connectivity index (χ3n) is 5.16. The van der Waals surface area contributed by atoms with Crippen molar-refractivity contribution in [2.75, 3.05) is 13.2 Å². The van der Waals surface area contributed by atoms with E-state index in [2.05, 4.69) is 5.32 Å². The van der Waals surface area contributed by atoms with Crippen molar-refractivity contribution in [1.82, 2.24) is 9.88 Å². The van der Waals surface area contributed by atoms with Crippen molar-refractivity contribution in [3.63, 3.8) is 0 Å². The van der Waals surface area contributed by atoms with Crippen molar-refractivity contribution >= 4 is 6.41 Å². The van der Waals surface area contributed by atoms with Crippen LogP contribution in [0.3, 0.4) is 0 Å². The fourth-order valence-corrected chi connectivity index (χ4v) is 3.43. The molecule has 0 atom stereocenters. The third-order valence-corrected chi connectivity index (χ3v) is 5.16. The number of carbonyl (C=O) groups is 1. The maximum absolute atomic E-state index is 14.9. The summed E-state index contributed by atoms with van der Waals surface area (Å²) in [7, 11) is 1.62. The highest BCUT2D eigenvalue weighted by atomic mass is 19.1. The van der Waals surface area contributed by atoms with Gasteiger partial charge >= 0.3 is 0 Å². The summed E-state index contributed by atoms with van der Waals surface area (Å²) in [5.74, 6) is -0.706. The molecule has 1 aromatic heterocycles. The zero-order valence-electron chi connectivity index (χ0n) is 17.7. The Bertz CT molecular complexity index is 1170. The second-order valence-corrected chi connectivity index (χ2v) is 7.40. The van der Waals surface area contributed by atoms with Crippen molar-refractivity contribution < 1.29 is 18.3 Å². The lowest BCUT2D eigenvalue weighted by molar-refractivity contribution is -0.109. The van der Waals surface area contributed by atoms with Crippen molar-refractivity contribution in [2.45, 2.75) is 20.3 Å². The zero-order chi connectivity index (χ0) is 22.5. The van der Waals surface area contributed by atoms with Gasteiger partial charge in [-0.05, 0) is 54.7 Å². The molecular formula is C24H24F2N2O3. The van der Waals surface area contributed by atoms with E-state index < -0.39 is 11.6 Å². The minimum absolute atomic E-state index is 0.158. The van der Waals surface area contributed by atoms with Crippen LogP contribution in [0.5, 0.6) is 5.75 Å². The van der Waals surface area contributed by atoms with Gasteiger partial charge in [0.05, 0.1) is 6.54 Å². The first kappa shape index (κ1) is 22.2. The number of carbonyl (C=O) groups excluding carboxylic acids is 1. The Kier molecular flexibility index (Phi) is 6.84. The largest absolute Gasteiger partial charge is 0.488 e. The summed E-state index contributed by atoms with van der Waals surface area (Å²) in [5.41, 5.74) is 3.35. The summed E-state index contributed by atoms with van der Waals surface area (Å²) in [4.78, 5) is 21.9. The molecule has 0 saturated carbocycles. The van der Waals surface area contributed by atoms with E-state index in [1.54, 1.807) is 45.3 Å². The molecule has 3 aromatic rings. The normalized spacial score (nSPS) is 10.7. The molecule has 2 aromatic carbocycles. The second kappa shape index (κ2) is 9.55. The van der Waals surface area contributed by atoms with Gasteiger partial charge in [0, 0.05) is 30.4 Å². The number of halogens is 2. The molecule has 0 bridgehead atoms. The van der Waals surface area contributed by atoms with Crippen molar-refractivity contribution in [3.8, 4) is 16.9 Å². The Hall–Kier alpha value is -3.48. The second-order valence-electron chi connectivity index (χ2n) is 7.40. The van der Waals surface area contributed by atoms with Crippen LogP contribution in [0.4, 0.5) is 8.78 Å². The van der Waals surface area contributed by atoms with Crippen LogP contribution in [0, 0.1) is 25.5 Å². The molecule has 7 heteroatoms. The fourth-order valence-electron chi connectivity index (χ4n) is 3.43. The number of benzene rings is 2. The molecule has 0 aliphatic heterocycles. The molecule has 0 radical (unpaired) electrons. The summed E-state index contributed by atoms with van der Waals surface area (Å²) in [6.07, 6.45) is 2.51. The fraction of sp³-hybridized carbons (Fsp3) is 0.250. The molecule has 1 amide bonds. The molecule has 3 rings (SSSR count). The van der Waals surface area contributed by atoms with Crippen LogP contribution in [-0.2, 0) is 18.3 Å². The number of rotatable bonds is 8. The number of aryl methyl sites for hydroxylation is 2. The molecule has 31 heavy (non-hydrogen) atoms. The Morgan fingerprint density at radius 3 is 2.58 bits per heavy atom. The van der Waals surface area contributed by atoms with E-state index in [9.17, 15) is 18.4 Å². The van der Waals surface area contributed by atoms with E-state index in [0.29, 0.717) is 40.6 Å². The predicted molar refractivity (Wildman–Crippen MR) is 115 cm³/mol. The number of amides is 1. The smallest absolute Gasteiger partial charge is 0.250 e. The Labute approximate surface area is 179 Å². The Morgan fingerprint density at radius 2 is 1.90 bits per heavy atom. The van der Waals surface area contributed by atoms with Gasteiger partial charge in [-0.1, -0.05) is 18.2 Å². The van der Waals surface area contributed by atoms with E-state index >= 15 is 0 Å². The van der Waals surface area contributed by atoms with Gasteiger partial charge in [0.15, 0.2) is 11.6 Å². The molecular weight excluding hydrogens is 402 g/mol. The molecule has 162 valence electrons. The zero-order valence-corrected chi connectivity index (χ0v) is 17.7. The van der Waals surface area contributed by atoms with Crippen molar-refractivity contribution in [2.24, 2.45) is 7.05 Å². The number of nitrogens with one attached hydrogen (secondary N) is 1. The molecule has 0 fully saturated rings. The highest BCUT2D eigenvalue weighted by Crippen LogP contribution is 2.30. The van der Waals surface area contributed by atoms with E-state index in [1.807, 2.05) is 6.07 Å². The summed E-state index contributed by atoms with van der Waals surface area (Å²) < 4.78 is 36.5. The Balaban J connectivity index is 1.83. The van der Waals surface area contributed by atoms with E-state index in [1.165, 1.54) is 16.7 Å². The summed E-state index contributed by atoms with van der Waals surface area (Å²) >= 11 is 0. The number of pyridine rings is 1. The van der Waals surface area contributed by atoms with Gasteiger partial charge in [0.1, 0.15) is 12.4 Å². The SMILES string of the molecule is Cc1cc(Cc2ccc(-c3ccc(=O)n(C)c3)c(F)c2)c(C)c(F)c1OCCNC=O. The minimum atomic E-state index is -0.455. The molecule has 5 nitrogen and oxygen atoms in total. The number of hydrogen-bond donors (Lipinski definition) is 1. The van der Waals surface area contributed by atoms with Gasteiger partial charge in [0.25, 0.3) is 0 Å². The molecule has 0 unspecified atom stereocenters. The van der Waals surface area contributed by atoms with Crippen LogP contribution in [0.25, 0.3) is 11.1 Å². The summed E-state index contributed by atoms with van der Waals surface area (Å²) in [5, 5.41) is 2.46. The van der Waals surface area contributed by atoms with Crippen LogP contribution in [0.2, 0.25) is 0 Å². The van der Waals surface area contributed by atoms with Crippen molar-refractivity contribution in [3.05, 3.63) is 86.8 Å². The molecule has 0 aliphatic rings. The third kappa shape index (κ3) is 4.99. The standard InChI is InChI=1S/C24H24F2N2O3/c1-15-10-19(16(2)23(26)24(15)31-9-8-27-14-29)11-17-4-6-20(21(25)12-17)18-5-7-22(30)28(3)13-18/h4-7,10,12-14H,8-9,11H2,1-3H3,(H,27,29). The summed E-state index contributed by atoms with van der Waals surface area (Å²) in [6.45, 7) is 3.85. The average molecular weight is 426 g/mol. The van der Waals surface area contributed by atoms with Gasteiger partial charge in [-0.2, -0.15) is 0 Å². The first-order valence-electron chi connectivity index (χ1n) is 9.85. The van der Waals surface area contributed by atoms with Crippen LogP contribution >= 0.6 is 0 Å².